The normalized spacial score (nSPS) is 10.1. The van der Waals surface area contributed by atoms with Gasteiger partial charge in [0.15, 0.2) is 0 Å². The molecule has 1 heterocycles. The maximum absolute atomic E-state index is 10.9. The topological polar surface area (TPSA) is 79.4 Å². The highest BCUT2D eigenvalue weighted by Crippen LogP contribution is 1.99. The minimum absolute atomic E-state index is 0.363. The number of hydrogen-bond donors (Lipinski definition) is 2. The van der Waals surface area contributed by atoms with Crippen molar-refractivity contribution in [2.45, 2.75) is 0 Å². The van der Waals surface area contributed by atoms with Crippen molar-refractivity contribution in [2.75, 3.05) is 12.4 Å². The number of anilines is 1. The van der Waals surface area contributed by atoms with Crippen LogP contribution in [0.15, 0.2) is 17.5 Å². The van der Waals surface area contributed by atoms with E-state index in [9.17, 15) is 4.79 Å². The van der Waals surface area contributed by atoms with Crippen LogP contribution in [0.4, 0.5) is 5.69 Å². The van der Waals surface area contributed by atoms with Gasteiger partial charge in [0.25, 0.3) is 5.91 Å². The summed E-state index contributed by atoms with van der Waals surface area (Å²) in [6.45, 7) is 0. The zero-order valence-electron chi connectivity index (χ0n) is 6.44. The highest BCUT2D eigenvalue weighted by molar-refractivity contribution is 6.31. The predicted molar refractivity (Wildman–Crippen MR) is 42.7 cm³/mol. The summed E-state index contributed by atoms with van der Waals surface area (Å²) < 4.78 is 0. The van der Waals surface area contributed by atoms with Crippen LogP contribution in [0, 0.1) is 0 Å². The van der Waals surface area contributed by atoms with Gasteiger partial charge in [-0.1, -0.05) is 5.16 Å². The van der Waals surface area contributed by atoms with Gasteiger partial charge < -0.3 is 10.2 Å². The van der Waals surface area contributed by atoms with Crippen LogP contribution < -0.4 is 5.32 Å². The van der Waals surface area contributed by atoms with E-state index in [2.05, 4.69) is 25.5 Å². The molecular formula is C6H8N4O2. The first-order chi connectivity index (χ1) is 5.83. The highest BCUT2D eigenvalue weighted by atomic mass is 16.6. The number of oxime groups is 1. The van der Waals surface area contributed by atoms with Crippen molar-refractivity contribution in [3.63, 3.8) is 0 Å². The molecule has 0 bridgehead atoms. The molecule has 1 rings (SSSR count). The molecule has 2 N–H and O–H groups in total. The Labute approximate surface area is 68.6 Å². The van der Waals surface area contributed by atoms with E-state index in [0.29, 0.717) is 5.69 Å². The average molecular weight is 168 g/mol. The number of carbonyl (C=O) groups is 1. The summed E-state index contributed by atoms with van der Waals surface area (Å²) in [6, 6.07) is 0. The van der Waals surface area contributed by atoms with Crippen LogP contribution >= 0.6 is 0 Å². The van der Waals surface area contributed by atoms with Crippen molar-refractivity contribution in [3.05, 3.63) is 12.4 Å². The number of aromatic nitrogens is 2. The van der Waals surface area contributed by atoms with E-state index in [0.717, 1.165) is 6.21 Å². The average Bonchev–Trinajstić information content (AvgIpc) is 2.53. The van der Waals surface area contributed by atoms with Crippen LogP contribution in [0.5, 0.6) is 0 Å². The molecule has 0 spiro atoms. The van der Waals surface area contributed by atoms with Gasteiger partial charge in [-0.25, -0.2) is 0 Å². The molecule has 0 radical (unpaired) electrons. The van der Waals surface area contributed by atoms with E-state index in [1.54, 1.807) is 6.20 Å². The molecule has 0 aromatic carbocycles. The molecule has 0 atom stereocenters. The summed E-state index contributed by atoms with van der Waals surface area (Å²) in [7, 11) is 1.36. The number of rotatable bonds is 3. The van der Waals surface area contributed by atoms with Crippen LogP contribution in [-0.4, -0.2) is 29.4 Å². The Morgan fingerprint density at radius 2 is 2.75 bits per heavy atom. The predicted octanol–water partition coefficient (Wildman–Crippen LogP) is -0.0196. The zero-order valence-corrected chi connectivity index (χ0v) is 6.44. The Hall–Kier alpha value is -1.85. The molecular weight excluding hydrogens is 160 g/mol. The minimum atomic E-state index is -0.363. The molecule has 0 aliphatic carbocycles. The third-order valence-corrected chi connectivity index (χ3v) is 1.04. The van der Waals surface area contributed by atoms with E-state index >= 15 is 0 Å². The van der Waals surface area contributed by atoms with Crippen molar-refractivity contribution in [2.24, 2.45) is 5.16 Å². The fourth-order valence-corrected chi connectivity index (χ4v) is 0.594. The Kier molecular flexibility index (Phi) is 2.83. The molecule has 1 amide bonds. The van der Waals surface area contributed by atoms with Gasteiger partial charge in [0, 0.05) is 6.20 Å². The fraction of sp³-hybridized carbons (Fsp3) is 0.167. The Morgan fingerprint density at radius 1 is 1.92 bits per heavy atom. The summed E-state index contributed by atoms with van der Waals surface area (Å²) in [5.74, 6) is -0.363. The Morgan fingerprint density at radius 3 is 3.33 bits per heavy atom. The standard InChI is InChI=1S/C6H8N4O2/c1-12-9-4-6(11)10-5-2-7-8-3-5/h2-4H,1H3,(H,7,8)(H,10,11)/b9-4+. The molecule has 6 nitrogen and oxygen atoms in total. The molecule has 1 aromatic rings. The van der Waals surface area contributed by atoms with Crippen molar-refractivity contribution < 1.29 is 9.63 Å². The molecule has 0 unspecified atom stereocenters. The van der Waals surface area contributed by atoms with Crippen LogP contribution in [0.1, 0.15) is 0 Å². The van der Waals surface area contributed by atoms with Crippen molar-refractivity contribution >= 4 is 17.8 Å². The van der Waals surface area contributed by atoms with Crippen LogP contribution in [0.2, 0.25) is 0 Å². The lowest BCUT2D eigenvalue weighted by atomic mass is 10.5. The van der Waals surface area contributed by atoms with Crippen LogP contribution in [0.25, 0.3) is 0 Å². The minimum Gasteiger partial charge on any atom is -0.399 e. The van der Waals surface area contributed by atoms with E-state index < -0.39 is 0 Å². The second-order valence-electron chi connectivity index (χ2n) is 1.89. The molecule has 0 aliphatic heterocycles. The molecule has 64 valence electrons. The van der Waals surface area contributed by atoms with E-state index in [4.69, 9.17) is 0 Å². The molecule has 6 heteroatoms. The second kappa shape index (κ2) is 4.12. The molecule has 0 aliphatic rings. The van der Waals surface area contributed by atoms with E-state index in [-0.39, 0.29) is 5.91 Å². The number of H-pyrrole nitrogens is 1. The first-order valence-electron chi connectivity index (χ1n) is 3.19. The largest absolute Gasteiger partial charge is 0.399 e. The summed E-state index contributed by atoms with van der Waals surface area (Å²) in [4.78, 5) is 15.2. The van der Waals surface area contributed by atoms with Gasteiger partial charge >= 0.3 is 0 Å². The lowest BCUT2D eigenvalue weighted by Gasteiger charge is -1.93. The lowest BCUT2D eigenvalue weighted by Crippen LogP contribution is -2.11. The maximum Gasteiger partial charge on any atom is 0.270 e. The quantitative estimate of drug-likeness (QED) is 0.491. The first kappa shape index (κ1) is 8.25. The van der Waals surface area contributed by atoms with Gasteiger partial charge in [-0.05, 0) is 0 Å². The summed E-state index contributed by atoms with van der Waals surface area (Å²) >= 11 is 0. The van der Waals surface area contributed by atoms with Crippen molar-refractivity contribution in [3.8, 4) is 0 Å². The third kappa shape index (κ3) is 2.41. The molecule has 0 saturated carbocycles. The first-order valence-corrected chi connectivity index (χ1v) is 3.19. The summed E-state index contributed by atoms with van der Waals surface area (Å²) in [5, 5.41) is 12.0. The number of carbonyl (C=O) groups excluding carboxylic acids is 1. The van der Waals surface area contributed by atoms with Gasteiger partial charge in [0.05, 0.1) is 11.9 Å². The van der Waals surface area contributed by atoms with Gasteiger partial charge in [0.2, 0.25) is 0 Å². The Bertz CT molecular complexity index is 267. The van der Waals surface area contributed by atoms with Crippen molar-refractivity contribution in [1.29, 1.82) is 0 Å². The lowest BCUT2D eigenvalue weighted by molar-refractivity contribution is -0.110. The smallest absolute Gasteiger partial charge is 0.270 e. The number of nitrogens with zero attached hydrogens (tertiary/aromatic N) is 2. The van der Waals surface area contributed by atoms with Crippen molar-refractivity contribution in [1.82, 2.24) is 10.2 Å². The second-order valence-corrected chi connectivity index (χ2v) is 1.89. The van der Waals surface area contributed by atoms with Gasteiger partial charge in [-0.2, -0.15) is 5.10 Å². The summed E-state index contributed by atoms with van der Waals surface area (Å²) in [6.07, 6.45) is 4.07. The van der Waals surface area contributed by atoms with E-state index in [1.807, 2.05) is 0 Å². The summed E-state index contributed by atoms with van der Waals surface area (Å²) in [5.41, 5.74) is 0.586. The SMILES string of the molecule is CO/N=C/C(=O)Nc1cn[nH]c1. The van der Waals surface area contributed by atoms with Gasteiger partial charge in [0.1, 0.15) is 13.3 Å². The number of amides is 1. The Balaban J connectivity index is 2.42. The molecule has 0 saturated heterocycles. The number of aromatic amines is 1. The van der Waals surface area contributed by atoms with E-state index in [1.165, 1.54) is 13.3 Å². The monoisotopic (exact) mass is 168 g/mol. The number of hydrogen-bond acceptors (Lipinski definition) is 4. The molecule has 1 aromatic heterocycles. The maximum atomic E-state index is 10.9. The van der Waals surface area contributed by atoms with Crippen LogP contribution in [0.3, 0.4) is 0 Å². The van der Waals surface area contributed by atoms with Gasteiger partial charge in [-0.15, -0.1) is 0 Å². The third-order valence-electron chi connectivity index (χ3n) is 1.04. The van der Waals surface area contributed by atoms with Crippen LogP contribution in [-0.2, 0) is 9.63 Å². The molecule has 0 fully saturated rings. The fourth-order valence-electron chi connectivity index (χ4n) is 0.594. The number of nitrogens with one attached hydrogen (secondary N) is 2. The van der Waals surface area contributed by atoms with Gasteiger partial charge in [-0.3, -0.25) is 9.89 Å². The molecule has 12 heavy (non-hydrogen) atoms. The highest BCUT2D eigenvalue weighted by Gasteiger charge is 1.97. The zero-order chi connectivity index (χ0) is 8.81.